The number of hydrogen-bond acceptors (Lipinski definition) is 6. The first-order valence-electron chi connectivity index (χ1n) is 8.24. The fourth-order valence-corrected chi connectivity index (χ4v) is 3.81. The van der Waals surface area contributed by atoms with Crippen molar-refractivity contribution in [2.45, 2.75) is 57.7 Å². The van der Waals surface area contributed by atoms with E-state index < -0.39 is 11.2 Å². The summed E-state index contributed by atoms with van der Waals surface area (Å²) in [6, 6.07) is 3.54. The number of thiocarbonyl (C=S) groups is 1. The van der Waals surface area contributed by atoms with Crippen LogP contribution in [0, 0.1) is 12.1 Å². The first-order valence-corrected chi connectivity index (χ1v) is 8.65. The lowest BCUT2D eigenvalue weighted by atomic mass is 9.86. The molecule has 0 bridgehead atoms. The lowest BCUT2D eigenvalue weighted by Crippen LogP contribution is -2.61. The van der Waals surface area contributed by atoms with E-state index in [1.54, 1.807) is 26.0 Å². The van der Waals surface area contributed by atoms with Crippen LogP contribution in [-0.2, 0) is 0 Å². The molecule has 136 valence electrons. The van der Waals surface area contributed by atoms with Crippen molar-refractivity contribution in [1.29, 1.82) is 0 Å². The van der Waals surface area contributed by atoms with Crippen molar-refractivity contribution in [2.24, 2.45) is 10.8 Å². The van der Waals surface area contributed by atoms with Crippen molar-refractivity contribution in [3.05, 3.63) is 28.9 Å². The van der Waals surface area contributed by atoms with Gasteiger partial charge < -0.3 is 20.6 Å². The zero-order valence-corrected chi connectivity index (χ0v) is 15.4. The van der Waals surface area contributed by atoms with Crippen LogP contribution in [0.4, 0.5) is 0 Å². The molecule has 0 amide bonds. The smallest absolute Gasteiger partial charge is 0.292 e. The first-order chi connectivity index (χ1) is 11.7. The van der Waals surface area contributed by atoms with E-state index in [-0.39, 0.29) is 5.11 Å². The highest BCUT2D eigenvalue weighted by Crippen LogP contribution is 2.42. The molecule has 0 saturated heterocycles. The highest BCUT2D eigenvalue weighted by Gasteiger charge is 2.66. The van der Waals surface area contributed by atoms with Crippen LogP contribution in [0.3, 0.4) is 0 Å². The summed E-state index contributed by atoms with van der Waals surface area (Å²) >= 11 is 4.81. The minimum atomic E-state index is -1.30. The fourth-order valence-electron chi connectivity index (χ4n) is 3.77. The maximum absolute atomic E-state index is 13.4. The Labute approximate surface area is 151 Å². The van der Waals surface area contributed by atoms with Gasteiger partial charge in [0.25, 0.3) is 11.4 Å². The van der Waals surface area contributed by atoms with Crippen LogP contribution in [0.15, 0.2) is 21.7 Å². The van der Waals surface area contributed by atoms with E-state index in [0.717, 1.165) is 22.6 Å². The summed E-state index contributed by atoms with van der Waals surface area (Å²) in [7, 11) is 0. The molecule has 1 unspecified atom stereocenters. The van der Waals surface area contributed by atoms with Gasteiger partial charge in [-0.2, -0.15) is 9.84 Å². The number of nitrogens with one attached hydrogen (secondary N) is 1. The highest BCUT2D eigenvalue weighted by atomic mass is 32.1. The second-order valence-corrected chi connectivity index (χ2v) is 7.42. The Morgan fingerprint density at radius 3 is 2.80 bits per heavy atom. The third-order valence-corrected chi connectivity index (χ3v) is 5.02. The zero-order valence-electron chi connectivity index (χ0n) is 14.6. The Morgan fingerprint density at radius 2 is 2.20 bits per heavy atom. The van der Waals surface area contributed by atoms with E-state index in [2.05, 4.69) is 10.5 Å². The standard InChI is InChI=1S/C16H23N5O3S/c1-10-7-8-11(24-10)13-15(2,3)21(23)16(20(13)22)9-5-4-6-12(16)18-19-14(17)25/h7-8,23H,4-6,9H2,1-3H3,(H3,17,19,25)/b18-12+. The van der Waals surface area contributed by atoms with Crippen molar-refractivity contribution in [3.63, 3.8) is 0 Å². The molecule has 2 heterocycles. The van der Waals surface area contributed by atoms with Gasteiger partial charge in [-0.1, -0.05) is 0 Å². The SMILES string of the molecule is Cc1ccc(C2=[N+]([O-])C3(CCCC/C3=N\NC(N)=S)N(O)C2(C)C)o1. The lowest BCUT2D eigenvalue weighted by Gasteiger charge is -2.38. The van der Waals surface area contributed by atoms with Crippen molar-refractivity contribution >= 4 is 28.8 Å². The number of hydrazone groups is 1. The molecule has 2 aliphatic rings. The summed E-state index contributed by atoms with van der Waals surface area (Å²) in [6.45, 7) is 5.38. The van der Waals surface area contributed by atoms with E-state index in [9.17, 15) is 10.4 Å². The van der Waals surface area contributed by atoms with Gasteiger partial charge in [0.1, 0.15) is 17.0 Å². The Hall–Kier alpha value is -1.97. The molecule has 1 saturated carbocycles. The largest absolute Gasteiger partial charge is 0.622 e. The molecule has 1 atom stereocenters. The van der Waals surface area contributed by atoms with Gasteiger partial charge in [0, 0.05) is 6.42 Å². The molecular weight excluding hydrogens is 342 g/mol. The van der Waals surface area contributed by atoms with Crippen LogP contribution in [0.2, 0.25) is 0 Å². The number of hydrogen-bond donors (Lipinski definition) is 3. The Bertz CT molecular complexity index is 770. The Morgan fingerprint density at radius 1 is 1.48 bits per heavy atom. The van der Waals surface area contributed by atoms with Crippen LogP contribution >= 0.6 is 12.2 Å². The third kappa shape index (κ3) is 2.62. The molecule has 8 nitrogen and oxygen atoms in total. The molecular formula is C16H23N5O3S. The minimum Gasteiger partial charge on any atom is -0.622 e. The molecule has 0 radical (unpaired) electrons. The van der Waals surface area contributed by atoms with E-state index in [1.807, 2.05) is 6.92 Å². The van der Waals surface area contributed by atoms with E-state index in [4.69, 9.17) is 22.4 Å². The van der Waals surface area contributed by atoms with Gasteiger partial charge in [-0.25, -0.2) is 0 Å². The second kappa shape index (κ2) is 6.08. The maximum atomic E-state index is 13.4. The molecule has 1 spiro atoms. The molecule has 1 aromatic heterocycles. The van der Waals surface area contributed by atoms with Crippen LogP contribution < -0.4 is 11.2 Å². The van der Waals surface area contributed by atoms with Gasteiger partial charge in [0.15, 0.2) is 10.9 Å². The number of nitrogens with two attached hydrogens (primary N) is 1. The van der Waals surface area contributed by atoms with Crippen LogP contribution in [0.5, 0.6) is 0 Å². The van der Waals surface area contributed by atoms with Crippen LogP contribution in [0.1, 0.15) is 51.1 Å². The molecule has 0 aromatic carbocycles. The second-order valence-electron chi connectivity index (χ2n) is 6.98. The predicted molar refractivity (Wildman–Crippen MR) is 97.4 cm³/mol. The molecule has 1 aliphatic heterocycles. The summed E-state index contributed by atoms with van der Waals surface area (Å²) in [6.07, 6.45) is 2.67. The zero-order chi connectivity index (χ0) is 18.4. The lowest BCUT2D eigenvalue weighted by molar-refractivity contribution is -0.568. The maximum Gasteiger partial charge on any atom is 0.292 e. The molecule has 4 N–H and O–H groups in total. The minimum absolute atomic E-state index is 0.0123. The molecule has 25 heavy (non-hydrogen) atoms. The average molecular weight is 365 g/mol. The Balaban J connectivity index is 2.18. The summed E-state index contributed by atoms with van der Waals surface area (Å²) in [5.74, 6) is 1.14. The van der Waals surface area contributed by atoms with Crippen LogP contribution in [-0.4, -0.2) is 42.7 Å². The summed E-state index contributed by atoms with van der Waals surface area (Å²) < 4.78 is 6.51. The van der Waals surface area contributed by atoms with Gasteiger partial charge >= 0.3 is 0 Å². The monoisotopic (exact) mass is 365 g/mol. The van der Waals surface area contributed by atoms with Gasteiger partial charge in [-0.15, -0.1) is 5.06 Å². The fraction of sp³-hybridized carbons (Fsp3) is 0.562. The van der Waals surface area contributed by atoms with Crippen molar-refractivity contribution in [1.82, 2.24) is 10.5 Å². The van der Waals surface area contributed by atoms with E-state index >= 15 is 0 Å². The number of hydroxylamine groups is 3. The molecule has 9 heteroatoms. The van der Waals surface area contributed by atoms with Gasteiger partial charge in [-0.3, -0.25) is 5.43 Å². The highest BCUT2D eigenvalue weighted by molar-refractivity contribution is 7.80. The summed E-state index contributed by atoms with van der Waals surface area (Å²) in [4.78, 5) is 0. The normalized spacial score (nSPS) is 28.1. The quantitative estimate of drug-likeness (QED) is 0.317. The van der Waals surface area contributed by atoms with Crippen LogP contribution in [0.25, 0.3) is 0 Å². The van der Waals surface area contributed by atoms with Gasteiger partial charge in [0.05, 0.1) is 0 Å². The van der Waals surface area contributed by atoms with Crippen molar-refractivity contribution in [3.8, 4) is 0 Å². The molecule has 1 aromatic rings. The number of nitrogens with zero attached hydrogens (tertiary/aromatic N) is 3. The predicted octanol–water partition coefficient (Wildman–Crippen LogP) is 1.83. The number of aryl methyl sites for hydroxylation is 1. The molecule has 3 rings (SSSR count). The summed E-state index contributed by atoms with van der Waals surface area (Å²) in [5, 5.41) is 29.8. The molecule has 1 fully saturated rings. The van der Waals surface area contributed by atoms with E-state index in [0.29, 0.717) is 35.8 Å². The van der Waals surface area contributed by atoms with Gasteiger partial charge in [-0.05, 0) is 64.4 Å². The summed E-state index contributed by atoms with van der Waals surface area (Å²) in [5.41, 5.74) is 6.65. The third-order valence-electron chi connectivity index (χ3n) is 4.92. The van der Waals surface area contributed by atoms with Crippen molar-refractivity contribution in [2.75, 3.05) is 0 Å². The van der Waals surface area contributed by atoms with Gasteiger partial charge in [0.2, 0.25) is 0 Å². The number of rotatable bonds is 2. The molecule has 1 aliphatic carbocycles. The Kier molecular flexibility index (Phi) is 4.34. The average Bonchev–Trinajstić information content (AvgIpc) is 3.02. The van der Waals surface area contributed by atoms with Crippen molar-refractivity contribution < 1.29 is 14.4 Å². The van der Waals surface area contributed by atoms with E-state index in [1.165, 1.54) is 0 Å². The topological polar surface area (TPSA) is 113 Å². The number of furan rings is 1. The first kappa shape index (κ1) is 17.8.